The standard InChI is InChI=1S/C17H23F2N3O/c1-3-11(4-2)15(23)10-20-8-12-9-21-22-17(12)16-13(18)6-5-7-14(16)19/h5-7,9,11,15,20,23H,3-4,8,10H2,1-2H3,(H,21,22). The number of rotatable bonds is 8. The van der Waals surface area contributed by atoms with Crippen LogP contribution in [-0.2, 0) is 6.54 Å². The van der Waals surface area contributed by atoms with Gasteiger partial charge in [-0.15, -0.1) is 0 Å². The SMILES string of the molecule is CCC(CC)C(O)CNCc1cn[nH]c1-c1c(F)cccc1F. The van der Waals surface area contributed by atoms with Crippen molar-refractivity contribution in [1.29, 1.82) is 0 Å². The summed E-state index contributed by atoms with van der Waals surface area (Å²) in [5.41, 5.74) is 0.873. The Bertz CT molecular complexity index is 606. The summed E-state index contributed by atoms with van der Waals surface area (Å²) in [6.07, 6.45) is 2.93. The average Bonchev–Trinajstić information content (AvgIpc) is 2.96. The first-order valence-corrected chi connectivity index (χ1v) is 7.93. The van der Waals surface area contributed by atoms with Gasteiger partial charge >= 0.3 is 0 Å². The van der Waals surface area contributed by atoms with Crippen LogP contribution < -0.4 is 5.32 Å². The highest BCUT2D eigenvalue weighted by Gasteiger charge is 2.18. The molecule has 0 bridgehead atoms. The molecule has 4 nitrogen and oxygen atoms in total. The van der Waals surface area contributed by atoms with Gasteiger partial charge in [0.1, 0.15) is 11.6 Å². The van der Waals surface area contributed by atoms with Crippen molar-refractivity contribution in [2.45, 2.75) is 39.3 Å². The number of H-pyrrole nitrogens is 1. The van der Waals surface area contributed by atoms with Crippen LogP contribution in [0.3, 0.4) is 0 Å². The van der Waals surface area contributed by atoms with Crippen LogP contribution in [0.4, 0.5) is 8.78 Å². The summed E-state index contributed by atoms with van der Waals surface area (Å²) >= 11 is 0. The minimum Gasteiger partial charge on any atom is -0.392 e. The molecule has 1 aromatic heterocycles. The van der Waals surface area contributed by atoms with Crippen molar-refractivity contribution < 1.29 is 13.9 Å². The third kappa shape index (κ3) is 4.14. The van der Waals surface area contributed by atoms with Gasteiger partial charge in [-0.05, 0) is 18.1 Å². The van der Waals surface area contributed by atoms with Crippen molar-refractivity contribution in [3.05, 3.63) is 41.6 Å². The number of aliphatic hydroxyl groups excluding tert-OH is 1. The number of nitrogens with one attached hydrogen (secondary N) is 2. The molecule has 0 saturated heterocycles. The topological polar surface area (TPSA) is 60.9 Å². The maximum atomic E-state index is 13.9. The maximum Gasteiger partial charge on any atom is 0.135 e. The van der Waals surface area contributed by atoms with Gasteiger partial charge in [0.05, 0.1) is 23.6 Å². The molecular formula is C17H23F2N3O. The molecule has 0 saturated carbocycles. The molecule has 126 valence electrons. The molecule has 0 aliphatic heterocycles. The van der Waals surface area contributed by atoms with Crippen molar-refractivity contribution in [2.75, 3.05) is 6.54 Å². The van der Waals surface area contributed by atoms with Gasteiger partial charge in [-0.2, -0.15) is 5.10 Å². The van der Waals surface area contributed by atoms with Gasteiger partial charge in [0, 0.05) is 18.7 Å². The molecule has 1 atom stereocenters. The molecule has 2 rings (SSSR count). The van der Waals surface area contributed by atoms with E-state index in [1.807, 2.05) is 13.8 Å². The van der Waals surface area contributed by atoms with Crippen LogP contribution in [0, 0.1) is 17.6 Å². The third-order valence-corrected chi connectivity index (χ3v) is 4.19. The molecule has 0 aliphatic carbocycles. The Balaban J connectivity index is 2.05. The summed E-state index contributed by atoms with van der Waals surface area (Å²) in [6, 6.07) is 3.76. The number of nitrogens with zero attached hydrogens (tertiary/aromatic N) is 1. The molecule has 0 radical (unpaired) electrons. The van der Waals surface area contributed by atoms with Crippen molar-refractivity contribution in [3.8, 4) is 11.3 Å². The smallest absolute Gasteiger partial charge is 0.135 e. The van der Waals surface area contributed by atoms with Crippen LogP contribution in [0.1, 0.15) is 32.3 Å². The molecule has 2 aromatic rings. The Morgan fingerprint density at radius 3 is 2.48 bits per heavy atom. The van der Waals surface area contributed by atoms with E-state index in [0.29, 0.717) is 24.3 Å². The summed E-state index contributed by atoms with van der Waals surface area (Å²) in [4.78, 5) is 0. The quantitative estimate of drug-likeness (QED) is 0.699. The fourth-order valence-electron chi connectivity index (χ4n) is 2.75. The predicted octanol–water partition coefficient (Wildman–Crippen LogP) is 3.24. The lowest BCUT2D eigenvalue weighted by atomic mass is 9.96. The molecule has 1 aromatic carbocycles. The zero-order valence-corrected chi connectivity index (χ0v) is 13.4. The van der Waals surface area contributed by atoms with Gasteiger partial charge in [0.15, 0.2) is 0 Å². The van der Waals surface area contributed by atoms with Crippen LogP contribution in [0.2, 0.25) is 0 Å². The van der Waals surface area contributed by atoms with E-state index in [4.69, 9.17) is 0 Å². The van der Waals surface area contributed by atoms with E-state index in [2.05, 4.69) is 15.5 Å². The summed E-state index contributed by atoms with van der Waals surface area (Å²) in [5.74, 6) is -1.02. The first kappa shape index (κ1) is 17.6. The number of aromatic amines is 1. The second kappa shape index (κ2) is 8.17. The minimum absolute atomic E-state index is 0.109. The third-order valence-electron chi connectivity index (χ3n) is 4.19. The largest absolute Gasteiger partial charge is 0.392 e. The molecule has 0 fully saturated rings. The van der Waals surface area contributed by atoms with Crippen LogP contribution in [0.5, 0.6) is 0 Å². The van der Waals surface area contributed by atoms with Gasteiger partial charge in [-0.3, -0.25) is 5.10 Å². The summed E-state index contributed by atoms with van der Waals surface area (Å²) < 4.78 is 27.8. The Morgan fingerprint density at radius 2 is 1.87 bits per heavy atom. The maximum absolute atomic E-state index is 13.9. The van der Waals surface area contributed by atoms with Crippen molar-refractivity contribution in [3.63, 3.8) is 0 Å². The van der Waals surface area contributed by atoms with Gasteiger partial charge < -0.3 is 10.4 Å². The van der Waals surface area contributed by atoms with Gasteiger partial charge in [-0.1, -0.05) is 32.8 Å². The second-order valence-corrected chi connectivity index (χ2v) is 5.64. The lowest BCUT2D eigenvalue weighted by molar-refractivity contribution is 0.101. The van der Waals surface area contributed by atoms with Crippen LogP contribution in [0.25, 0.3) is 11.3 Å². The number of benzene rings is 1. The second-order valence-electron chi connectivity index (χ2n) is 5.64. The highest BCUT2D eigenvalue weighted by molar-refractivity contribution is 5.64. The normalized spacial score (nSPS) is 12.8. The molecule has 0 spiro atoms. The average molecular weight is 323 g/mol. The van der Waals surface area contributed by atoms with Crippen LogP contribution >= 0.6 is 0 Å². The molecule has 1 unspecified atom stereocenters. The lowest BCUT2D eigenvalue weighted by Gasteiger charge is -2.20. The van der Waals surface area contributed by atoms with E-state index in [9.17, 15) is 13.9 Å². The first-order valence-electron chi connectivity index (χ1n) is 7.93. The number of aliphatic hydroxyl groups is 1. The monoisotopic (exact) mass is 323 g/mol. The molecule has 23 heavy (non-hydrogen) atoms. The highest BCUT2D eigenvalue weighted by Crippen LogP contribution is 2.27. The molecule has 1 heterocycles. The van der Waals surface area contributed by atoms with Gasteiger partial charge in [0.25, 0.3) is 0 Å². The number of halogens is 2. The van der Waals surface area contributed by atoms with E-state index in [0.717, 1.165) is 12.8 Å². The summed E-state index contributed by atoms with van der Waals surface area (Å²) in [6.45, 7) is 4.90. The molecule has 0 aliphatic rings. The lowest BCUT2D eigenvalue weighted by Crippen LogP contribution is -2.32. The highest BCUT2D eigenvalue weighted by atomic mass is 19.1. The molecule has 0 amide bonds. The first-order chi connectivity index (χ1) is 11.1. The molecule has 6 heteroatoms. The Kier molecular flexibility index (Phi) is 6.24. The predicted molar refractivity (Wildman–Crippen MR) is 85.7 cm³/mol. The Labute approximate surface area is 134 Å². The van der Waals surface area contributed by atoms with E-state index in [-0.39, 0.29) is 11.5 Å². The van der Waals surface area contributed by atoms with E-state index < -0.39 is 17.7 Å². The van der Waals surface area contributed by atoms with E-state index in [1.54, 1.807) is 0 Å². The number of aromatic nitrogens is 2. The molecular weight excluding hydrogens is 300 g/mol. The Morgan fingerprint density at radius 1 is 1.22 bits per heavy atom. The summed E-state index contributed by atoms with van der Waals surface area (Å²) in [5, 5.41) is 19.8. The van der Waals surface area contributed by atoms with Crippen LogP contribution in [0.15, 0.2) is 24.4 Å². The zero-order chi connectivity index (χ0) is 16.8. The number of hydrogen-bond acceptors (Lipinski definition) is 3. The minimum atomic E-state index is -0.632. The van der Waals surface area contributed by atoms with Crippen molar-refractivity contribution in [2.24, 2.45) is 5.92 Å². The fraction of sp³-hybridized carbons (Fsp3) is 0.471. The summed E-state index contributed by atoms with van der Waals surface area (Å²) in [7, 11) is 0. The van der Waals surface area contributed by atoms with Crippen molar-refractivity contribution in [1.82, 2.24) is 15.5 Å². The van der Waals surface area contributed by atoms with Crippen molar-refractivity contribution >= 4 is 0 Å². The fourth-order valence-corrected chi connectivity index (χ4v) is 2.75. The van der Waals surface area contributed by atoms with Gasteiger partial charge in [-0.25, -0.2) is 8.78 Å². The number of hydrogen-bond donors (Lipinski definition) is 3. The molecule has 3 N–H and O–H groups in total. The van der Waals surface area contributed by atoms with E-state index >= 15 is 0 Å². The van der Waals surface area contributed by atoms with Crippen LogP contribution in [-0.4, -0.2) is 28.0 Å². The van der Waals surface area contributed by atoms with E-state index in [1.165, 1.54) is 24.4 Å². The zero-order valence-electron chi connectivity index (χ0n) is 13.4. The van der Waals surface area contributed by atoms with Gasteiger partial charge in [0.2, 0.25) is 0 Å². The Hall–Kier alpha value is -1.79.